The highest BCUT2D eigenvalue weighted by Crippen LogP contribution is 2.46. The van der Waals surface area contributed by atoms with Gasteiger partial charge in [0.15, 0.2) is 0 Å². The maximum absolute atomic E-state index is 12.0. The summed E-state index contributed by atoms with van der Waals surface area (Å²) in [5.41, 5.74) is -0.627. The number of Topliss-reactive ketones (excluding diaryl/α,β-unsaturated/α-hetero) is 1. The first kappa shape index (κ1) is 15.0. The second-order valence-electron chi connectivity index (χ2n) is 6.44. The largest absolute Gasteiger partial charge is 0.444 e. The average molecular weight is 255 g/mol. The number of rotatable bonds is 5. The Morgan fingerprint density at radius 1 is 1.33 bits per heavy atom. The number of alkyl carbamates (subject to hydrolysis) is 1. The van der Waals surface area contributed by atoms with Gasteiger partial charge in [-0.1, -0.05) is 13.8 Å². The Kier molecular flexibility index (Phi) is 4.41. The summed E-state index contributed by atoms with van der Waals surface area (Å²) in [4.78, 5) is 23.6. The lowest BCUT2D eigenvalue weighted by atomic mass is 9.96. The van der Waals surface area contributed by atoms with Crippen LogP contribution in [0.15, 0.2) is 0 Å². The van der Waals surface area contributed by atoms with Crippen molar-refractivity contribution < 1.29 is 14.3 Å². The van der Waals surface area contributed by atoms with Crippen molar-refractivity contribution in [2.75, 3.05) is 0 Å². The highest BCUT2D eigenvalue weighted by molar-refractivity contribution is 5.87. The molecule has 4 nitrogen and oxygen atoms in total. The molecule has 104 valence electrons. The SMILES string of the molecule is CCC(CC(=O)C1(C)CC1)NC(=O)OC(C)(C)C. The smallest absolute Gasteiger partial charge is 0.407 e. The molecule has 1 fully saturated rings. The van der Waals surface area contributed by atoms with Crippen LogP contribution in [0.1, 0.15) is 60.3 Å². The van der Waals surface area contributed by atoms with Crippen molar-refractivity contribution in [2.24, 2.45) is 5.41 Å². The maximum atomic E-state index is 12.0. The van der Waals surface area contributed by atoms with Crippen LogP contribution in [0.2, 0.25) is 0 Å². The Morgan fingerprint density at radius 3 is 2.28 bits per heavy atom. The van der Waals surface area contributed by atoms with Gasteiger partial charge in [0, 0.05) is 17.9 Å². The summed E-state index contributed by atoms with van der Waals surface area (Å²) >= 11 is 0. The third-order valence-corrected chi connectivity index (χ3v) is 3.32. The molecule has 1 N–H and O–H groups in total. The van der Waals surface area contributed by atoms with Crippen LogP contribution in [0.4, 0.5) is 4.79 Å². The van der Waals surface area contributed by atoms with E-state index in [9.17, 15) is 9.59 Å². The lowest BCUT2D eigenvalue weighted by Gasteiger charge is -2.23. The highest BCUT2D eigenvalue weighted by atomic mass is 16.6. The number of carbonyl (C=O) groups excluding carboxylic acids is 2. The summed E-state index contributed by atoms with van der Waals surface area (Å²) in [5, 5.41) is 2.77. The molecular weight excluding hydrogens is 230 g/mol. The van der Waals surface area contributed by atoms with Crippen LogP contribution >= 0.6 is 0 Å². The van der Waals surface area contributed by atoms with E-state index in [4.69, 9.17) is 4.74 Å². The Bertz CT molecular complexity index is 326. The maximum Gasteiger partial charge on any atom is 0.407 e. The minimum Gasteiger partial charge on any atom is -0.444 e. The fourth-order valence-corrected chi connectivity index (χ4v) is 1.71. The predicted octanol–water partition coefficient (Wildman–Crippen LogP) is 3.05. The molecule has 1 saturated carbocycles. The molecule has 1 amide bonds. The summed E-state index contributed by atoms with van der Waals surface area (Å²) in [6.07, 6.45) is 2.67. The molecule has 1 atom stereocenters. The van der Waals surface area contributed by atoms with Gasteiger partial charge in [-0.3, -0.25) is 4.79 Å². The van der Waals surface area contributed by atoms with Crippen molar-refractivity contribution in [3.8, 4) is 0 Å². The molecular formula is C14H25NO3. The fraction of sp³-hybridized carbons (Fsp3) is 0.857. The van der Waals surface area contributed by atoms with E-state index in [1.807, 2.05) is 34.6 Å². The lowest BCUT2D eigenvalue weighted by Crippen LogP contribution is -2.40. The summed E-state index contributed by atoms with van der Waals surface area (Å²) < 4.78 is 5.19. The van der Waals surface area contributed by atoms with Crippen molar-refractivity contribution in [3.63, 3.8) is 0 Å². The van der Waals surface area contributed by atoms with Gasteiger partial charge >= 0.3 is 6.09 Å². The molecule has 1 aliphatic carbocycles. The van der Waals surface area contributed by atoms with E-state index in [1.54, 1.807) is 0 Å². The van der Waals surface area contributed by atoms with Gasteiger partial charge < -0.3 is 10.1 Å². The molecule has 1 rings (SSSR count). The van der Waals surface area contributed by atoms with Crippen LogP contribution in [-0.4, -0.2) is 23.5 Å². The van der Waals surface area contributed by atoms with E-state index in [1.165, 1.54) is 0 Å². The van der Waals surface area contributed by atoms with E-state index < -0.39 is 11.7 Å². The van der Waals surface area contributed by atoms with Gasteiger partial charge in [0.2, 0.25) is 0 Å². The number of amides is 1. The second kappa shape index (κ2) is 5.29. The van der Waals surface area contributed by atoms with Crippen molar-refractivity contribution in [3.05, 3.63) is 0 Å². The van der Waals surface area contributed by atoms with Crippen LogP contribution in [-0.2, 0) is 9.53 Å². The van der Waals surface area contributed by atoms with Crippen LogP contribution in [0.3, 0.4) is 0 Å². The second-order valence-corrected chi connectivity index (χ2v) is 6.44. The summed E-state index contributed by atoms with van der Waals surface area (Å²) in [5.74, 6) is 0.255. The van der Waals surface area contributed by atoms with Gasteiger partial charge in [0.1, 0.15) is 11.4 Å². The van der Waals surface area contributed by atoms with Crippen LogP contribution < -0.4 is 5.32 Å². The number of carbonyl (C=O) groups is 2. The Labute approximate surface area is 109 Å². The molecule has 0 aromatic rings. The molecule has 0 spiro atoms. The predicted molar refractivity (Wildman–Crippen MR) is 70.4 cm³/mol. The molecule has 0 aromatic heterocycles. The van der Waals surface area contributed by atoms with Gasteiger partial charge in [-0.25, -0.2) is 4.79 Å². The normalized spacial score (nSPS) is 18.9. The third-order valence-electron chi connectivity index (χ3n) is 3.32. The third kappa shape index (κ3) is 4.67. The molecule has 4 heteroatoms. The number of hydrogen-bond acceptors (Lipinski definition) is 3. The van der Waals surface area contributed by atoms with Crippen molar-refractivity contribution in [1.29, 1.82) is 0 Å². The van der Waals surface area contributed by atoms with Crippen LogP contribution in [0, 0.1) is 5.41 Å². The lowest BCUT2D eigenvalue weighted by molar-refractivity contribution is -0.124. The fourth-order valence-electron chi connectivity index (χ4n) is 1.71. The number of hydrogen-bond donors (Lipinski definition) is 1. The summed E-state index contributed by atoms with van der Waals surface area (Å²) in [6, 6.07) is -0.121. The number of ketones is 1. The Morgan fingerprint density at radius 2 is 1.89 bits per heavy atom. The highest BCUT2D eigenvalue weighted by Gasteiger charge is 2.44. The van der Waals surface area contributed by atoms with Crippen LogP contribution in [0.25, 0.3) is 0 Å². The van der Waals surface area contributed by atoms with Crippen molar-refractivity contribution in [1.82, 2.24) is 5.32 Å². The average Bonchev–Trinajstić information content (AvgIpc) is 2.93. The molecule has 0 saturated heterocycles. The monoisotopic (exact) mass is 255 g/mol. The minimum absolute atomic E-state index is 0.121. The van der Waals surface area contributed by atoms with Gasteiger partial charge in [0.25, 0.3) is 0 Å². The van der Waals surface area contributed by atoms with E-state index in [-0.39, 0.29) is 17.2 Å². The topological polar surface area (TPSA) is 55.4 Å². The molecule has 0 heterocycles. The van der Waals surface area contributed by atoms with E-state index in [0.29, 0.717) is 6.42 Å². The van der Waals surface area contributed by atoms with Gasteiger partial charge in [-0.05, 0) is 40.0 Å². The van der Waals surface area contributed by atoms with Gasteiger partial charge in [-0.15, -0.1) is 0 Å². The molecule has 0 aromatic carbocycles. The summed E-state index contributed by atoms with van der Waals surface area (Å²) in [6.45, 7) is 9.43. The Balaban J connectivity index is 2.42. The first-order chi connectivity index (χ1) is 8.16. The molecule has 0 aliphatic heterocycles. The van der Waals surface area contributed by atoms with Gasteiger partial charge in [0.05, 0.1) is 0 Å². The zero-order chi connectivity index (χ0) is 14.0. The molecule has 18 heavy (non-hydrogen) atoms. The molecule has 1 unspecified atom stereocenters. The zero-order valence-corrected chi connectivity index (χ0v) is 12.1. The molecule has 1 aliphatic rings. The number of nitrogens with one attached hydrogen (secondary N) is 1. The quantitative estimate of drug-likeness (QED) is 0.821. The minimum atomic E-state index is -0.505. The van der Waals surface area contributed by atoms with Gasteiger partial charge in [-0.2, -0.15) is 0 Å². The molecule has 0 bridgehead atoms. The summed E-state index contributed by atoms with van der Waals surface area (Å²) in [7, 11) is 0. The Hall–Kier alpha value is -1.06. The molecule has 0 radical (unpaired) electrons. The van der Waals surface area contributed by atoms with Crippen molar-refractivity contribution in [2.45, 2.75) is 71.9 Å². The first-order valence-electron chi connectivity index (χ1n) is 6.69. The first-order valence-corrected chi connectivity index (χ1v) is 6.69. The number of ether oxygens (including phenoxy) is 1. The van der Waals surface area contributed by atoms with E-state index >= 15 is 0 Å². The zero-order valence-electron chi connectivity index (χ0n) is 12.1. The van der Waals surface area contributed by atoms with E-state index in [2.05, 4.69) is 5.32 Å². The van der Waals surface area contributed by atoms with Crippen molar-refractivity contribution >= 4 is 11.9 Å². The van der Waals surface area contributed by atoms with E-state index in [0.717, 1.165) is 19.3 Å². The standard InChI is InChI=1S/C14H25NO3/c1-6-10(9-11(16)14(5)7-8-14)15-12(17)18-13(2,3)4/h10H,6-9H2,1-5H3,(H,15,17). The van der Waals surface area contributed by atoms with Crippen LogP contribution in [0.5, 0.6) is 0 Å².